The fourth-order valence-electron chi connectivity index (χ4n) is 2.80. The van der Waals surface area contributed by atoms with Gasteiger partial charge < -0.3 is 0 Å². The molecule has 2 aliphatic heterocycles. The van der Waals surface area contributed by atoms with Crippen LogP contribution in [0.5, 0.6) is 0 Å². The lowest BCUT2D eigenvalue weighted by Crippen LogP contribution is -2.50. The molecule has 1 atom stereocenters. The van der Waals surface area contributed by atoms with Crippen molar-refractivity contribution in [3.63, 3.8) is 0 Å². The smallest absolute Gasteiger partial charge is 0.276 e. The van der Waals surface area contributed by atoms with E-state index in [1.54, 1.807) is 17.1 Å². The molecule has 4 rings (SSSR count). The van der Waals surface area contributed by atoms with Gasteiger partial charge in [0, 0.05) is 9.69 Å². The summed E-state index contributed by atoms with van der Waals surface area (Å²) in [6.07, 6.45) is 1.31. The van der Waals surface area contributed by atoms with Crippen molar-refractivity contribution in [3.8, 4) is 0 Å². The van der Waals surface area contributed by atoms with Gasteiger partial charge in [-0.1, -0.05) is 39.8 Å². The SMILES string of the molecule is CSC1=NN2C(=c3cc(Br)ccc3=N[C@@H]2c2ccc(F)cc2)C(=O)N1. The van der Waals surface area contributed by atoms with Crippen LogP contribution in [0.2, 0.25) is 0 Å². The summed E-state index contributed by atoms with van der Waals surface area (Å²) in [5, 5.41) is 10.8. The van der Waals surface area contributed by atoms with Crippen LogP contribution in [0.4, 0.5) is 4.39 Å². The van der Waals surface area contributed by atoms with Gasteiger partial charge in [-0.2, -0.15) is 0 Å². The van der Waals surface area contributed by atoms with Crippen LogP contribution in [0.1, 0.15) is 11.7 Å². The maximum atomic E-state index is 13.3. The fraction of sp³-hybridized carbons (Fsp3) is 0.118. The van der Waals surface area contributed by atoms with Crippen molar-refractivity contribution in [2.75, 3.05) is 6.26 Å². The molecule has 0 saturated carbocycles. The van der Waals surface area contributed by atoms with Crippen LogP contribution in [0.25, 0.3) is 5.70 Å². The lowest BCUT2D eigenvalue weighted by molar-refractivity contribution is -0.116. The van der Waals surface area contributed by atoms with E-state index in [1.807, 2.05) is 24.5 Å². The number of nitrogens with zero attached hydrogens (tertiary/aromatic N) is 3. The monoisotopic (exact) mass is 418 g/mol. The summed E-state index contributed by atoms with van der Waals surface area (Å²) >= 11 is 4.78. The summed E-state index contributed by atoms with van der Waals surface area (Å²) in [6, 6.07) is 11.6. The predicted octanol–water partition coefficient (Wildman–Crippen LogP) is 2.09. The Morgan fingerprint density at radius 1 is 1.24 bits per heavy atom. The standard InChI is InChI=1S/C17H12BrFN4OS/c1-25-17-21-16(24)14-12-8-10(18)4-7-13(12)20-15(23(14)22-17)9-2-5-11(19)6-3-9/h2-8,15H,1H3,(H,21,22,24)/t15-/m0/s1. The van der Waals surface area contributed by atoms with Gasteiger partial charge >= 0.3 is 0 Å². The van der Waals surface area contributed by atoms with Crippen LogP contribution in [0, 0.1) is 5.82 Å². The second-order valence-electron chi connectivity index (χ2n) is 5.47. The topological polar surface area (TPSA) is 57.1 Å². The molecular formula is C17H12BrFN4OS. The normalized spacial score (nSPS) is 18.8. The molecule has 25 heavy (non-hydrogen) atoms. The Morgan fingerprint density at radius 2 is 2.00 bits per heavy atom. The first-order chi connectivity index (χ1) is 12.1. The highest BCUT2D eigenvalue weighted by Crippen LogP contribution is 2.30. The Balaban J connectivity index is 1.99. The van der Waals surface area contributed by atoms with E-state index in [2.05, 4.69) is 26.3 Å². The number of hydrogen-bond donors (Lipinski definition) is 1. The predicted molar refractivity (Wildman–Crippen MR) is 98.4 cm³/mol. The van der Waals surface area contributed by atoms with E-state index in [0.717, 1.165) is 10.0 Å². The van der Waals surface area contributed by atoms with Gasteiger partial charge in [0.25, 0.3) is 5.91 Å². The fourth-order valence-corrected chi connectivity index (χ4v) is 3.52. The van der Waals surface area contributed by atoms with Gasteiger partial charge in [-0.05, 0) is 42.2 Å². The molecule has 2 aliphatic rings. The van der Waals surface area contributed by atoms with Crippen molar-refractivity contribution in [2.24, 2.45) is 10.1 Å². The van der Waals surface area contributed by atoms with Gasteiger partial charge in [-0.25, -0.2) is 9.40 Å². The highest BCUT2D eigenvalue weighted by atomic mass is 79.9. The van der Waals surface area contributed by atoms with Crippen LogP contribution in [-0.2, 0) is 4.79 Å². The third-order valence-corrected chi connectivity index (χ3v) is 5.00. The molecule has 5 nitrogen and oxygen atoms in total. The second-order valence-corrected chi connectivity index (χ2v) is 7.18. The van der Waals surface area contributed by atoms with E-state index < -0.39 is 6.17 Å². The minimum Gasteiger partial charge on any atom is -0.298 e. The summed E-state index contributed by atoms with van der Waals surface area (Å²) in [6.45, 7) is 0. The van der Waals surface area contributed by atoms with Crippen molar-refractivity contribution in [2.45, 2.75) is 6.17 Å². The zero-order chi connectivity index (χ0) is 17.6. The minimum absolute atomic E-state index is 0.235. The van der Waals surface area contributed by atoms with Crippen molar-refractivity contribution < 1.29 is 9.18 Å². The maximum Gasteiger partial charge on any atom is 0.276 e. The number of fused-ring (bicyclic) bond motifs is 2. The average molecular weight is 419 g/mol. The molecule has 2 aromatic carbocycles. The van der Waals surface area contributed by atoms with Crippen LogP contribution in [0.15, 0.2) is 57.0 Å². The lowest BCUT2D eigenvalue weighted by atomic mass is 10.1. The highest BCUT2D eigenvalue weighted by Gasteiger charge is 2.34. The molecular weight excluding hydrogens is 407 g/mol. The Bertz CT molecular complexity index is 1020. The van der Waals surface area contributed by atoms with E-state index in [9.17, 15) is 9.18 Å². The van der Waals surface area contributed by atoms with Crippen LogP contribution >= 0.6 is 27.7 Å². The molecule has 0 aliphatic carbocycles. The van der Waals surface area contributed by atoms with Crippen molar-refractivity contribution in [3.05, 3.63) is 68.9 Å². The van der Waals surface area contributed by atoms with E-state index in [1.165, 1.54) is 23.9 Å². The minimum atomic E-state index is -0.530. The Labute approximate surface area is 155 Å². The molecule has 1 N–H and O–H groups in total. The first-order valence-electron chi connectivity index (χ1n) is 7.43. The number of thioether (sulfide) groups is 1. The molecule has 126 valence electrons. The summed E-state index contributed by atoms with van der Waals surface area (Å²) in [5.74, 6) is -0.557. The Hall–Kier alpha value is -2.19. The van der Waals surface area contributed by atoms with E-state index in [0.29, 0.717) is 21.4 Å². The number of nitrogens with one attached hydrogen (secondary N) is 1. The molecule has 1 amide bonds. The molecule has 0 saturated heterocycles. The van der Waals surface area contributed by atoms with Crippen molar-refractivity contribution in [1.29, 1.82) is 0 Å². The van der Waals surface area contributed by atoms with Gasteiger partial charge in [-0.3, -0.25) is 15.1 Å². The second kappa shape index (κ2) is 6.27. The van der Waals surface area contributed by atoms with E-state index in [-0.39, 0.29) is 11.7 Å². The quantitative estimate of drug-likeness (QED) is 0.771. The maximum absolute atomic E-state index is 13.3. The molecule has 2 heterocycles. The van der Waals surface area contributed by atoms with Crippen molar-refractivity contribution in [1.82, 2.24) is 10.3 Å². The Morgan fingerprint density at radius 3 is 2.72 bits per heavy atom. The first-order valence-corrected chi connectivity index (χ1v) is 9.45. The average Bonchev–Trinajstić information content (AvgIpc) is 2.61. The lowest BCUT2D eigenvalue weighted by Gasteiger charge is -2.33. The van der Waals surface area contributed by atoms with Gasteiger partial charge in [-0.15, -0.1) is 5.10 Å². The summed E-state index contributed by atoms with van der Waals surface area (Å²) < 4.78 is 14.1. The van der Waals surface area contributed by atoms with Crippen LogP contribution < -0.4 is 15.9 Å². The molecule has 8 heteroatoms. The number of carbonyl (C=O) groups is 1. The molecule has 0 fully saturated rings. The van der Waals surface area contributed by atoms with Gasteiger partial charge in [0.2, 0.25) is 0 Å². The van der Waals surface area contributed by atoms with E-state index >= 15 is 0 Å². The number of hydrogen-bond acceptors (Lipinski definition) is 5. The molecule has 2 aromatic rings. The van der Waals surface area contributed by atoms with Crippen molar-refractivity contribution >= 4 is 44.5 Å². The van der Waals surface area contributed by atoms with Gasteiger partial charge in [0.15, 0.2) is 11.3 Å². The number of amides is 1. The highest BCUT2D eigenvalue weighted by molar-refractivity contribution is 9.10. The van der Waals surface area contributed by atoms with E-state index in [4.69, 9.17) is 4.99 Å². The number of rotatable bonds is 1. The molecule has 0 spiro atoms. The van der Waals surface area contributed by atoms with Gasteiger partial charge in [0.05, 0.1) is 5.36 Å². The van der Waals surface area contributed by atoms with Crippen LogP contribution in [-0.4, -0.2) is 22.3 Å². The molecule has 0 aromatic heterocycles. The number of carbonyl (C=O) groups excluding carboxylic acids is 1. The largest absolute Gasteiger partial charge is 0.298 e. The zero-order valence-corrected chi connectivity index (χ0v) is 15.4. The molecule has 0 unspecified atom stereocenters. The molecule has 0 radical (unpaired) electrons. The number of halogens is 2. The summed E-state index contributed by atoms with van der Waals surface area (Å²) in [7, 11) is 0. The summed E-state index contributed by atoms with van der Waals surface area (Å²) in [5.41, 5.74) is 1.18. The summed E-state index contributed by atoms with van der Waals surface area (Å²) in [4.78, 5) is 17.4. The molecule has 0 bridgehead atoms. The Kier molecular flexibility index (Phi) is 4.09. The third kappa shape index (κ3) is 2.85. The van der Waals surface area contributed by atoms with Crippen LogP contribution in [0.3, 0.4) is 0 Å². The number of hydrazone groups is 1. The number of benzene rings is 2. The third-order valence-electron chi connectivity index (χ3n) is 3.93. The van der Waals surface area contributed by atoms with Gasteiger partial charge in [0.1, 0.15) is 11.5 Å². The first kappa shape index (κ1) is 16.3. The number of amidine groups is 1. The zero-order valence-electron chi connectivity index (χ0n) is 13.0.